The Hall–Kier alpha value is -3.70. The summed E-state index contributed by atoms with van der Waals surface area (Å²) in [6.07, 6.45) is 8.51. The van der Waals surface area contributed by atoms with Gasteiger partial charge in [0.2, 0.25) is 5.95 Å². The number of rotatable bonds is 7. The van der Waals surface area contributed by atoms with Crippen molar-refractivity contribution in [1.82, 2.24) is 20.6 Å². The van der Waals surface area contributed by atoms with Crippen molar-refractivity contribution in [1.29, 1.82) is 0 Å². The number of carbonyl (C=O) groups excluding carboxylic acids is 2. The maximum Gasteiger partial charge on any atom is 0.412 e. The third-order valence-corrected chi connectivity index (χ3v) is 7.84. The molecule has 2 fully saturated rings. The van der Waals surface area contributed by atoms with E-state index in [1.807, 2.05) is 24.3 Å². The fraction of sp³-hybridized carbons (Fsp3) is 0.310. The molecule has 0 atom stereocenters. The molecule has 2 heterocycles. The Morgan fingerprint density at radius 1 is 1.05 bits per heavy atom. The standard InChI is InChI=1S/C29H28F3N5O2S/c30-29(31,32)20-6-3-5-18(8-9-20)24-7-2-1-4-19(24)17-34-21-10-12-22(13-11-21)35-27-33-15-14-23(36-27)16-25-26(38)37-28(39)40-25/h1-5,7-9,14-16,21-22,34H,6,10-13,17H2,(H,33,35,36)(H,37,38,39)/b25-16-/t21-,22-. The highest BCUT2D eigenvalue weighted by Crippen LogP contribution is 2.32. The number of thioether (sulfide) groups is 1. The number of nitrogens with one attached hydrogen (secondary N) is 3. The van der Waals surface area contributed by atoms with Crippen LogP contribution < -0.4 is 16.0 Å². The van der Waals surface area contributed by atoms with Crippen LogP contribution in [0.15, 0.2) is 71.3 Å². The lowest BCUT2D eigenvalue weighted by molar-refractivity contribution is -0.115. The van der Waals surface area contributed by atoms with Crippen molar-refractivity contribution < 1.29 is 22.8 Å². The Morgan fingerprint density at radius 2 is 1.82 bits per heavy atom. The molecular weight excluding hydrogens is 539 g/mol. The summed E-state index contributed by atoms with van der Waals surface area (Å²) in [5.74, 6) is 0.0494. The van der Waals surface area contributed by atoms with E-state index in [1.165, 1.54) is 6.08 Å². The Labute approximate surface area is 234 Å². The zero-order valence-electron chi connectivity index (χ0n) is 21.5. The minimum atomic E-state index is -4.33. The zero-order chi connectivity index (χ0) is 28.1. The number of amides is 2. The number of alkyl halides is 3. The topological polar surface area (TPSA) is 96.0 Å². The summed E-state index contributed by atoms with van der Waals surface area (Å²) < 4.78 is 39.4. The number of nitrogens with zero attached hydrogens (tertiary/aromatic N) is 2. The first-order valence-corrected chi connectivity index (χ1v) is 13.9. The summed E-state index contributed by atoms with van der Waals surface area (Å²) in [6.45, 7) is 0.619. The van der Waals surface area contributed by atoms with Crippen molar-refractivity contribution >= 4 is 40.5 Å². The minimum Gasteiger partial charge on any atom is -0.351 e. The molecule has 7 nitrogen and oxygen atoms in total. The summed E-state index contributed by atoms with van der Waals surface area (Å²) in [6, 6.07) is 9.99. The third-order valence-electron chi connectivity index (χ3n) is 7.03. The molecule has 3 aliphatic rings. The molecule has 2 aliphatic carbocycles. The smallest absolute Gasteiger partial charge is 0.351 e. The quantitative estimate of drug-likeness (QED) is 0.346. The second kappa shape index (κ2) is 12.2. The number of benzene rings is 1. The number of allylic oxidation sites excluding steroid dienone is 6. The highest BCUT2D eigenvalue weighted by Gasteiger charge is 2.32. The fourth-order valence-corrected chi connectivity index (χ4v) is 5.60. The van der Waals surface area contributed by atoms with Crippen LogP contribution in [0.3, 0.4) is 0 Å². The lowest BCUT2D eigenvalue weighted by Gasteiger charge is -2.30. The molecule has 11 heteroatoms. The molecule has 40 heavy (non-hydrogen) atoms. The van der Waals surface area contributed by atoms with Gasteiger partial charge in [-0.3, -0.25) is 14.9 Å². The molecule has 1 aromatic carbocycles. The Balaban J connectivity index is 1.15. The van der Waals surface area contributed by atoms with Crippen LogP contribution in [-0.2, 0) is 11.3 Å². The highest BCUT2D eigenvalue weighted by molar-refractivity contribution is 8.18. The van der Waals surface area contributed by atoms with Crippen LogP contribution in [0.5, 0.6) is 0 Å². The van der Waals surface area contributed by atoms with E-state index >= 15 is 0 Å². The number of aromatic nitrogens is 2. The van der Waals surface area contributed by atoms with Gasteiger partial charge < -0.3 is 10.6 Å². The molecule has 1 saturated carbocycles. The van der Waals surface area contributed by atoms with E-state index in [4.69, 9.17) is 0 Å². The number of carbonyl (C=O) groups is 2. The second-order valence-electron chi connectivity index (χ2n) is 9.81. The molecule has 2 amide bonds. The third kappa shape index (κ3) is 7.08. The van der Waals surface area contributed by atoms with Crippen molar-refractivity contribution in [2.24, 2.45) is 0 Å². The van der Waals surface area contributed by atoms with Gasteiger partial charge >= 0.3 is 6.18 Å². The molecule has 0 spiro atoms. The van der Waals surface area contributed by atoms with Crippen LogP contribution in [0.25, 0.3) is 11.6 Å². The molecule has 0 unspecified atom stereocenters. The minimum absolute atomic E-state index is 0.133. The van der Waals surface area contributed by atoms with Gasteiger partial charge in [0, 0.05) is 30.4 Å². The largest absolute Gasteiger partial charge is 0.412 e. The van der Waals surface area contributed by atoms with Crippen LogP contribution in [0, 0.1) is 0 Å². The predicted octanol–water partition coefficient (Wildman–Crippen LogP) is 6.15. The molecule has 1 aromatic heterocycles. The molecule has 0 bridgehead atoms. The summed E-state index contributed by atoms with van der Waals surface area (Å²) in [7, 11) is 0. The lowest BCUT2D eigenvalue weighted by atomic mass is 9.90. The predicted molar refractivity (Wildman–Crippen MR) is 150 cm³/mol. The summed E-state index contributed by atoms with van der Waals surface area (Å²) in [5.41, 5.74) is 2.72. The maximum absolute atomic E-state index is 13.1. The van der Waals surface area contributed by atoms with E-state index in [-0.39, 0.29) is 12.5 Å². The summed E-state index contributed by atoms with van der Waals surface area (Å²) in [5, 5.41) is 8.84. The highest BCUT2D eigenvalue weighted by atomic mass is 32.2. The number of imide groups is 1. The van der Waals surface area contributed by atoms with Crippen molar-refractivity contribution in [3.05, 3.63) is 88.1 Å². The Bertz CT molecular complexity index is 1410. The summed E-state index contributed by atoms with van der Waals surface area (Å²) in [4.78, 5) is 32.2. The van der Waals surface area contributed by atoms with E-state index in [2.05, 4.69) is 25.9 Å². The average molecular weight is 568 g/mol. The average Bonchev–Trinajstić information content (AvgIpc) is 3.10. The molecule has 0 radical (unpaired) electrons. The fourth-order valence-electron chi connectivity index (χ4n) is 4.93. The molecular formula is C29H28F3N5O2S. The maximum atomic E-state index is 13.1. The van der Waals surface area contributed by atoms with E-state index in [0.717, 1.165) is 54.1 Å². The van der Waals surface area contributed by atoms with E-state index in [9.17, 15) is 22.8 Å². The van der Waals surface area contributed by atoms with E-state index in [1.54, 1.807) is 36.6 Å². The van der Waals surface area contributed by atoms with Crippen molar-refractivity contribution in [3.63, 3.8) is 0 Å². The van der Waals surface area contributed by atoms with Crippen LogP contribution in [0.4, 0.5) is 23.9 Å². The lowest BCUT2D eigenvalue weighted by Crippen LogP contribution is -2.37. The Morgan fingerprint density at radius 3 is 2.58 bits per heavy atom. The van der Waals surface area contributed by atoms with Crippen molar-refractivity contribution in [2.45, 2.75) is 56.9 Å². The monoisotopic (exact) mass is 567 g/mol. The number of halogens is 3. The van der Waals surface area contributed by atoms with Gasteiger partial charge in [0.05, 0.1) is 10.6 Å². The van der Waals surface area contributed by atoms with Crippen LogP contribution in [-0.4, -0.2) is 39.4 Å². The second-order valence-corrected chi connectivity index (χ2v) is 10.8. The zero-order valence-corrected chi connectivity index (χ0v) is 22.3. The molecule has 2 aromatic rings. The van der Waals surface area contributed by atoms with Gasteiger partial charge in [-0.2, -0.15) is 13.2 Å². The van der Waals surface area contributed by atoms with Gasteiger partial charge in [-0.25, -0.2) is 9.97 Å². The SMILES string of the molecule is O=C1NC(=O)/C(=C/c2ccnc(N[C@H]3CC[C@H](NCc4ccccc4C4=CC=C(C(F)(F)F)CC=C4)CC3)n2)S1. The molecule has 208 valence electrons. The van der Waals surface area contributed by atoms with Crippen LogP contribution in [0.1, 0.15) is 48.9 Å². The van der Waals surface area contributed by atoms with Gasteiger partial charge in [-0.05, 0) is 72.7 Å². The Kier molecular flexibility index (Phi) is 8.51. The van der Waals surface area contributed by atoms with Gasteiger partial charge in [0.15, 0.2) is 0 Å². The molecule has 1 aliphatic heterocycles. The summed E-state index contributed by atoms with van der Waals surface area (Å²) >= 11 is 0.848. The van der Waals surface area contributed by atoms with E-state index in [0.29, 0.717) is 29.1 Å². The van der Waals surface area contributed by atoms with Gasteiger partial charge in [0.1, 0.15) is 0 Å². The first-order valence-electron chi connectivity index (χ1n) is 13.1. The van der Waals surface area contributed by atoms with E-state index < -0.39 is 22.9 Å². The normalized spacial score (nSPS) is 22.5. The number of anilines is 1. The number of hydrogen-bond acceptors (Lipinski definition) is 7. The number of hydrogen-bond donors (Lipinski definition) is 3. The molecule has 3 N–H and O–H groups in total. The van der Waals surface area contributed by atoms with Crippen LogP contribution in [0.2, 0.25) is 0 Å². The van der Waals surface area contributed by atoms with Crippen molar-refractivity contribution in [2.75, 3.05) is 5.32 Å². The first-order chi connectivity index (χ1) is 19.2. The first kappa shape index (κ1) is 27.9. The van der Waals surface area contributed by atoms with Gasteiger partial charge in [-0.1, -0.05) is 48.6 Å². The van der Waals surface area contributed by atoms with Gasteiger partial charge in [-0.15, -0.1) is 0 Å². The molecule has 5 rings (SSSR count). The van der Waals surface area contributed by atoms with Gasteiger partial charge in [0.25, 0.3) is 11.1 Å². The van der Waals surface area contributed by atoms with Crippen LogP contribution >= 0.6 is 11.8 Å². The molecule has 1 saturated heterocycles. The van der Waals surface area contributed by atoms with Crippen molar-refractivity contribution in [3.8, 4) is 0 Å².